The van der Waals surface area contributed by atoms with Gasteiger partial charge in [0.15, 0.2) is 0 Å². The summed E-state index contributed by atoms with van der Waals surface area (Å²) < 4.78 is 5.26. The molecule has 2 heterocycles. The Bertz CT molecular complexity index is 1400. The van der Waals surface area contributed by atoms with Crippen molar-refractivity contribution in [3.63, 3.8) is 0 Å². The maximum atomic E-state index is 13.5. The van der Waals surface area contributed by atoms with Gasteiger partial charge in [-0.2, -0.15) is 0 Å². The largest absolute Gasteiger partial charge is 0.508 e. The predicted molar refractivity (Wildman–Crippen MR) is 141 cm³/mol. The number of hydrazine groups is 2. The van der Waals surface area contributed by atoms with E-state index in [2.05, 4.69) is 10.7 Å². The lowest BCUT2D eigenvalue weighted by Crippen LogP contribution is -2.64. The number of benzene rings is 2. The molecule has 4 N–H and O–H groups in total. The number of nitrogens with one attached hydrogen (secondary N) is 2. The van der Waals surface area contributed by atoms with E-state index < -0.39 is 54.2 Å². The maximum absolute atomic E-state index is 13.5. The zero-order chi connectivity index (χ0) is 30.4. The van der Waals surface area contributed by atoms with Crippen LogP contribution in [-0.2, 0) is 19.2 Å². The summed E-state index contributed by atoms with van der Waals surface area (Å²) in [6.45, 7) is -0.0459. The molecule has 2 unspecified atom stereocenters. The smallest absolute Gasteiger partial charge is 0.358 e. The molecular formula is C27H27N5O10. The van der Waals surface area contributed by atoms with Crippen molar-refractivity contribution in [2.45, 2.75) is 37.8 Å². The number of aldehydes is 1. The zero-order valence-corrected chi connectivity index (χ0v) is 22.1. The minimum atomic E-state index is -1.33. The average molecular weight is 582 g/mol. The molecule has 2 fully saturated rings. The molecule has 15 nitrogen and oxygen atoms in total. The van der Waals surface area contributed by atoms with Crippen LogP contribution in [0.3, 0.4) is 0 Å². The fourth-order valence-electron chi connectivity index (χ4n) is 4.44. The van der Waals surface area contributed by atoms with Crippen molar-refractivity contribution in [1.29, 1.82) is 0 Å². The second-order valence-electron chi connectivity index (χ2n) is 9.45. The molecule has 0 radical (unpaired) electrons. The number of hydrogen-bond donors (Lipinski definition) is 4. The van der Waals surface area contributed by atoms with E-state index in [1.54, 1.807) is 0 Å². The second kappa shape index (κ2) is 12.8. The third-order valence-corrected chi connectivity index (χ3v) is 6.52. The minimum Gasteiger partial charge on any atom is -0.508 e. The molecule has 220 valence electrons. The van der Waals surface area contributed by atoms with Crippen LogP contribution in [0, 0.1) is 0 Å². The van der Waals surface area contributed by atoms with Crippen LogP contribution in [0.15, 0.2) is 48.5 Å². The number of phenols is 1. The number of carbonyl (C=O) groups is 7. The van der Waals surface area contributed by atoms with Crippen molar-refractivity contribution >= 4 is 42.0 Å². The molecule has 0 bridgehead atoms. The van der Waals surface area contributed by atoms with Gasteiger partial charge < -0.3 is 25.1 Å². The number of carbonyl (C=O) groups excluding carboxylic acids is 6. The van der Waals surface area contributed by atoms with Crippen molar-refractivity contribution in [3.8, 4) is 11.5 Å². The van der Waals surface area contributed by atoms with E-state index >= 15 is 0 Å². The Morgan fingerprint density at radius 3 is 2.31 bits per heavy atom. The van der Waals surface area contributed by atoms with Crippen LogP contribution in [0.4, 0.5) is 4.79 Å². The van der Waals surface area contributed by atoms with Gasteiger partial charge in [-0.1, -0.05) is 0 Å². The van der Waals surface area contributed by atoms with Gasteiger partial charge in [-0.05, 0) is 61.4 Å². The number of ether oxygens (including phenoxy) is 1. The Morgan fingerprint density at radius 1 is 1.00 bits per heavy atom. The van der Waals surface area contributed by atoms with Crippen LogP contribution in [0.5, 0.6) is 11.5 Å². The highest BCUT2D eigenvalue weighted by atomic mass is 16.5. The number of rotatable bonds is 9. The number of aromatic hydroxyl groups is 1. The normalized spacial score (nSPS) is 17.4. The number of carboxylic acids is 1. The van der Waals surface area contributed by atoms with E-state index in [0.717, 1.165) is 15.0 Å². The van der Waals surface area contributed by atoms with Crippen molar-refractivity contribution < 1.29 is 48.5 Å². The van der Waals surface area contributed by atoms with Gasteiger partial charge in [0.05, 0.1) is 24.6 Å². The highest BCUT2D eigenvalue weighted by Crippen LogP contribution is 2.24. The van der Waals surface area contributed by atoms with Crippen LogP contribution in [0.25, 0.3) is 0 Å². The number of esters is 1. The first-order valence-electron chi connectivity index (χ1n) is 12.9. The molecule has 2 aliphatic heterocycles. The molecular weight excluding hydrogens is 554 g/mol. The van der Waals surface area contributed by atoms with Gasteiger partial charge in [0.1, 0.15) is 23.8 Å². The second-order valence-corrected chi connectivity index (χ2v) is 9.45. The summed E-state index contributed by atoms with van der Waals surface area (Å²) in [7, 11) is 0. The highest BCUT2D eigenvalue weighted by molar-refractivity contribution is 5.97. The maximum Gasteiger partial charge on any atom is 0.358 e. The topological polar surface area (TPSA) is 203 Å². The summed E-state index contributed by atoms with van der Waals surface area (Å²) in [6.07, 6.45) is -0.0386. The standard InChI is InChI=1S/C27H27N5O10/c33-15-18(14-23(36)37)28-25(39)21-2-1-12-31-22(35)11-13-30(27(41)32(21)31)29-24(38)16-5-9-20(10-6-16)42-26(40)17-3-7-19(34)8-4-17/h3-10,15,18,21,34H,1-2,11-14H2,(H,28,39)(H,29,38)(H,36,37). The third kappa shape index (κ3) is 6.80. The van der Waals surface area contributed by atoms with Gasteiger partial charge in [0.25, 0.3) is 5.91 Å². The molecule has 2 atom stereocenters. The van der Waals surface area contributed by atoms with E-state index in [1.165, 1.54) is 48.5 Å². The van der Waals surface area contributed by atoms with Crippen LogP contribution < -0.4 is 15.5 Å². The number of nitrogens with zero attached hydrogens (tertiary/aromatic N) is 3. The Balaban J connectivity index is 1.44. The molecule has 2 saturated heterocycles. The van der Waals surface area contributed by atoms with Crippen LogP contribution in [0.2, 0.25) is 0 Å². The fourth-order valence-corrected chi connectivity index (χ4v) is 4.44. The van der Waals surface area contributed by atoms with Gasteiger partial charge in [0.2, 0.25) is 11.8 Å². The predicted octanol–water partition coefficient (Wildman–Crippen LogP) is 0.448. The SMILES string of the molecule is O=CC(CC(=O)O)NC(=O)C1CCCN2C(=O)CCN(NC(=O)c3ccc(OC(=O)c4ccc(O)cc4)cc3)C(=O)N12. The van der Waals surface area contributed by atoms with Crippen molar-refractivity contribution in [2.75, 3.05) is 13.1 Å². The van der Waals surface area contributed by atoms with Gasteiger partial charge in [0, 0.05) is 18.5 Å². The monoisotopic (exact) mass is 581 g/mol. The number of phenolic OH excluding ortho intramolecular Hbond substituents is 1. The molecule has 5 amide bonds. The Morgan fingerprint density at radius 2 is 1.67 bits per heavy atom. The molecule has 42 heavy (non-hydrogen) atoms. The third-order valence-electron chi connectivity index (χ3n) is 6.52. The average Bonchev–Trinajstić information content (AvgIpc) is 3.09. The van der Waals surface area contributed by atoms with Gasteiger partial charge in [-0.15, -0.1) is 0 Å². The lowest BCUT2D eigenvalue weighted by Gasteiger charge is -2.42. The summed E-state index contributed by atoms with van der Waals surface area (Å²) in [5.41, 5.74) is 2.73. The first-order valence-corrected chi connectivity index (χ1v) is 12.9. The quantitative estimate of drug-likeness (QED) is 0.183. The summed E-state index contributed by atoms with van der Waals surface area (Å²) in [5, 5.41) is 23.5. The zero-order valence-electron chi connectivity index (χ0n) is 22.1. The molecule has 2 aromatic carbocycles. The minimum absolute atomic E-state index is 0.0109. The molecule has 4 rings (SSSR count). The van der Waals surface area contributed by atoms with E-state index in [-0.39, 0.29) is 54.8 Å². The Labute approximate surface area is 238 Å². The molecule has 0 aromatic heterocycles. The Kier molecular flexibility index (Phi) is 8.99. The number of amides is 5. The number of urea groups is 1. The number of fused-ring (bicyclic) bond motifs is 1. The molecule has 2 aliphatic rings. The fraction of sp³-hybridized carbons (Fsp3) is 0.296. The molecule has 0 spiro atoms. The summed E-state index contributed by atoms with van der Waals surface area (Å²) >= 11 is 0. The first-order chi connectivity index (χ1) is 20.1. The van der Waals surface area contributed by atoms with Crippen LogP contribution in [-0.4, -0.2) is 92.4 Å². The molecule has 2 aromatic rings. The van der Waals surface area contributed by atoms with Gasteiger partial charge >= 0.3 is 18.0 Å². The molecule has 0 aliphatic carbocycles. The number of carboxylic acid groups (broad SMARTS) is 1. The van der Waals surface area contributed by atoms with Gasteiger partial charge in [-0.3, -0.25) is 24.6 Å². The van der Waals surface area contributed by atoms with E-state index in [4.69, 9.17) is 9.84 Å². The lowest BCUT2D eigenvalue weighted by molar-refractivity contribution is -0.155. The first kappa shape index (κ1) is 29.5. The summed E-state index contributed by atoms with van der Waals surface area (Å²) in [6, 6.07) is 7.46. The van der Waals surface area contributed by atoms with Crippen molar-refractivity contribution in [1.82, 2.24) is 25.8 Å². The van der Waals surface area contributed by atoms with Crippen molar-refractivity contribution in [3.05, 3.63) is 59.7 Å². The van der Waals surface area contributed by atoms with Crippen LogP contribution in [0.1, 0.15) is 46.4 Å². The number of aliphatic carboxylic acids is 1. The lowest BCUT2D eigenvalue weighted by atomic mass is 10.1. The Hall–Kier alpha value is -5.47. The van der Waals surface area contributed by atoms with E-state index in [9.17, 15) is 38.7 Å². The van der Waals surface area contributed by atoms with Crippen molar-refractivity contribution in [2.24, 2.45) is 0 Å². The summed E-state index contributed by atoms with van der Waals surface area (Å²) in [4.78, 5) is 86.8. The highest BCUT2D eigenvalue weighted by Gasteiger charge is 2.44. The summed E-state index contributed by atoms with van der Waals surface area (Å²) in [5.74, 6) is -3.87. The molecule has 15 heteroatoms. The van der Waals surface area contributed by atoms with Gasteiger partial charge in [-0.25, -0.2) is 24.6 Å². The number of hydrogen-bond acceptors (Lipinski definition) is 9. The molecule has 0 saturated carbocycles. The van der Waals surface area contributed by atoms with Crippen LogP contribution >= 0.6 is 0 Å². The van der Waals surface area contributed by atoms with E-state index in [0.29, 0.717) is 6.42 Å². The van der Waals surface area contributed by atoms with E-state index in [1.807, 2.05) is 0 Å².